The molecule has 0 aromatic carbocycles. The molecule has 1 aliphatic heterocycles. The van der Waals surface area contributed by atoms with Gasteiger partial charge in [0.25, 0.3) is 0 Å². The molecule has 1 aliphatic carbocycles. The van der Waals surface area contributed by atoms with Gasteiger partial charge in [-0.1, -0.05) is 29.8 Å². The minimum absolute atomic E-state index is 0.276. The first-order valence-corrected chi connectivity index (χ1v) is 4.44. The maximum absolute atomic E-state index is 6.02. The van der Waals surface area contributed by atoms with Crippen LogP contribution in [0.15, 0.2) is 40.0 Å². The van der Waals surface area contributed by atoms with Crippen molar-refractivity contribution in [1.82, 2.24) is 0 Å². The van der Waals surface area contributed by atoms with E-state index >= 15 is 0 Å². The van der Waals surface area contributed by atoms with Gasteiger partial charge in [0.05, 0.1) is 0 Å². The van der Waals surface area contributed by atoms with Gasteiger partial charge in [0.1, 0.15) is 0 Å². The predicted octanol–water partition coefficient (Wildman–Crippen LogP) is 3.04. The van der Waals surface area contributed by atoms with Crippen LogP contribution < -0.4 is 0 Å². The summed E-state index contributed by atoms with van der Waals surface area (Å²) < 4.78 is 0. The van der Waals surface area contributed by atoms with Crippen LogP contribution in [0.5, 0.6) is 0 Å². The number of fused-ring (bicyclic) bond motifs is 1. The Morgan fingerprint density at radius 2 is 2.42 bits per heavy atom. The number of allylic oxidation sites excluding steroid dienone is 5. The fourth-order valence-corrected chi connectivity index (χ4v) is 1.81. The molecule has 62 valence electrons. The molecule has 2 heteroatoms. The molecular formula is C10H10ClN. The third-order valence-electron chi connectivity index (χ3n) is 2.23. The van der Waals surface area contributed by atoms with E-state index < -0.39 is 0 Å². The van der Waals surface area contributed by atoms with Crippen LogP contribution in [0.2, 0.25) is 0 Å². The van der Waals surface area contributed by atoms with E-state index in [-0.39, 0.29) is 5.92 Å². The van der Waals surface area contributed by atoms with Crippen LogP contribution in [0.3, 0.4) is 0 Å². The van der Waals surface area contributed by atoms with E-state index in [2.05, 4.69) is 23.2 Å². The molecule has 12 heavy (non-hydrogen) atoms. The highest BCUT2D eigenvalue weighted by Gasteiger charge is 2.21. The lowest BCUT2D eigenvalue weighted by atomic mass is 9.89. The Balaban J connectivity index is 2.43. The van der Waals surface area contributed by atoms with E-state index in [0.717, 1.165) is 17.2 Å². The van der Waals surface area contributed by atoms with Gasteiger partial charge in [0.15, 0.2) is 0 Å². The Bertz CT molecular complexity index is 321. The molecule has 0 N–H and O–H groups in total. The summed E-state index contributed by atoms with van der Waals surface area (Å²) in [4.78, 5) is 4.22. The lowest BCUT2D eigenvalue weighted by Gasteiger charge is -2.22. The second-order valence-electron chi connectivity index (χ2n) is 3.03. The molecule has 1 nitrogen and oxygen atoms in total. The second kappa shape index (κ2) is 2.91. The SMILES string of the molecule is CC1=NC=C(Cl)C2C=CCC=C12. The summed E-state index contributed by atoms with van der Waals surface area (Å²) in [6, 6.07) is 0. The molecule has 1 unspecified atom stereocenters. The number of nitrogens with zero attached hydrogens (tertiary/aromatic N) is 1. The topological polar surface area (TPSA) is 12.4 Å². The van der Waals surface area contributed by atoms with Crippen molar-refractivity contribution in [1.29, 1.82) is 0 Å². The molecule has 2 aliphatic rings. The molecule has 0 fully saturated rings. The summed E-state index contributed by atoms with van der Waals surface area (Å²) in [7, 11) is 0. The van der Waals surface area contributed by atoms with Crippen LogP contribution in [-0.2, 0) is 0 Å². The van der Waals surface area contributed by atoms with Crippen LogP contribution >= 0.6 is 11.6 Å². The summed E-state index contributed by atoms with van der Waals surface area (Å²) >= 11 is 6.02. The Morgan fingerprint density at radius 1 is 1.58 bits per heavy atom. The number of rotatable bonds is 0. The molecule has 0 aromatic heterocycles. The van der Waals surface area contributed by atoms with E-state index in [0.29, 0.717) is 0 Å². The Labute approximate surface area is 77.1 Å². The predicted molar refractivity (Wildman–Crippen MR) is 52.4 cm³/mol. The number of hydrogen-bond donors (Lipinski definition) is 0. The Morgan fingerprint density at radius 3 is 3.17 bits per heavy atom. The average Bonchev–Trinajstić information content (AvgIpc) is 2.12. The first-order valence-electron chi connectivity index (χ1n) is 4.06. The fraction of sp³-hybridized carbons (Fsp3) is 0.300. The van der Waals surface area contributed by atoms with E-state index in [1.165, 1.54) is 5.57 Å². The lowest BCUT2D eigenvalue weighted by Crippen LogP contribution is -2.14. The van der Waals surface area contributed by atoms with Gasteiger partial charge in [-0.15, -0.1) is 0 Å². The molecule has 0 spiro atoms. The first kappa shape index (κ1) is 7.81. The third-order valence-corrected chi connectivity index (χ3v) is 2.57. The maximum Gasteiger partial charge on any atom is 0.0476 e. The van der Waals surface area contributed by atoms with Crippen molar-refractivity contribution in [2.45, 2.75) is 13.3 Å². The molecule has 2 rings (SSSR count). The van der Waals surface area contributed by atoms with Gasteiger partial charge in [0, 0.05) is 22.9 Å². The minimum Gasteiger partial charge on any atom is -0.260 e. The van der Waals surface area contributed by atoms with E-state index in [1.807, 2.05) is 6.92 Å². The molecule has 0 aromatic rings. The van der Waals surface area contributed by atoms with Crippen LogP contribution in [0.25, 0.3) is 0 Å². The normalized spacial score (nSPS) is 27.2. The second-order valence-corrected chi connectivity index (χ2v) is 3.47. The van der Waals surface area contributed by atoms with Gasteiger partial charge >= 0.3 is 0 Å². The van der Waals surface area contributed by atoms with Gasteiger partial charge in [-0.2, -0.15) is 0 Å². The smallest absolute Gasteiger partial charge is 0.0476 e. The van der Waals surface area contributed by atoms with Crippen molar-refractivity contribution in [2.24, 2.45) is 10.9 Å². The van der Waals surface area contributed by atoms with Gasteiger partial charge in [-0.3, -0.25) is 4.99 Å². The van der Waals surface area contributed by atoms with Crippen LogP contribution in [0, 0.1) is 5.92 Å². The fourth-order valence-electron chi connectivity index (χ4n) is 1.57. The van der Waals surface area contributed by atoms with E-state index in [4.69, 9.17) is 11.6 Å². The van der Waals surface area contributed by atoms with Crippen molar-refractivity contribution in [3.8, 4) is 0 Å². The molecule has 0 bridgehead atoms. The number of hydrogen-bond acceptors (Lipinski definition) is 1. The standard InChI is InChI=1S/C10H10ClN/c1-7-8-4-2-3-5-9(8)10(11)6-12-7/h3-6,9H,2H2,1H3. The lowest BCUT2D eigenvalue weighted by molar-refractivity contribution is 0.935. The third kappa shape index (κ3) is 1.14. The van der Waals surface area contributed by atoms with Crippen molar-refractivity contribution in [3.63, 3.8) is 0 Å². The average molecular weight is 180 g/mol. The highest BCUT2D eigenvalue weighted by Crippen LogP contribution is 2.32. The summed E-state index contributed by atoms with van der Waals surface area (Å²) in [5, 5.41) is 0.822. The zero-order valence-corrected chi connectivity index (χ0v) is 7.67. The molecular weight excluding hydrogens is 170 g/mol. The van der Waals surface area contributed by atoms with Crippen molar-refractivity contribution >= 4 is 17.3 Å². The highest BCUT2D eigenvalue weighted by molar-refractivity contribution is 6.31. The molecule has 1 heterocycles. The van der Waals surface area contributed by atoms with Crippen LogP contribution in [0.4, 0.5) is 0 Å². The van der Waals surface area contributed by atoms with Gasteiger partial charge in [0.2, 0.25) is 0 Å². The summed E-state index contributed by atoms with van der Waals surface area (Å²) in [5.74, 6) is 0.276. The maximum atomic E-state index is 6.02. The number of halogens is 1. The minimum atomic E-state index is 0.276. The molecule has 1 atom stereocenters. The zero-order chi connectivity index (χ0) is 8.55. The molecule has 0 radical (unpaired) electrons. The van der Waals surface area contributed by atoms with Crippen LogP contribution in [0.1, 0.15) is 13.3 Å². The van der Waals surface area contributed by atoms with Gasteiger partial charge in [-0.05, 0) is 18.9 Å². The highest BCUT2D eigenvalue weighted by atomic mass is 35.5. The quantitative estimate of drug-likeness (QED) is 0.507. The first-order chi connectivity index (χ1) is 5.79. The summed E-state index contributed by atoms with van der Waals surface area (Å²) in [5.41, 5.74) is 2.36. The van der Waals surface area contributed by atoms with E-state index in [9.17, 15) is 0 Å². The van der Waals surface area contributed by atoms with Crippen molar-refractivity contribution in [2.75, 3.05) is 0 Å². The van der Waals surface area contributed by atoms with Crippen molar-refractivity contribution < 1.29 is 0 Å². The Hall–Kier alpha value is -0.820. The zero-order valence-electron chi connectivity index (χ0n) is 6.92. The summed E-state index contributed by atoms with van der Waals surface area (Å²) in [6.45, 7) is 2.03. The van der Waals surface area contributed by atoms with Crippen molar-refractivity contribution in [3.05, 3.63) is 35.0 Å². The molecule has 0 saturated carbocycles. The molecule has 0 saturated heterocycles. The summed E-state index contributed by atoms with van der Waals surface area (Å²) in [6.07, 6.45) is 9.23. The Kier molecular flexibility index (Phi) is 1.89. The van der Waals surface area contributed by atoms with Gasteiger partial charge in [-0.25, -0.2) is 0 Å². The van der Waals surface area contributed by atoms with Gasteiger partial charge < -0.3 is 0 Å². The molecule has 0 amide bonds. The largest absolute Gasteiger partial charge is 0.260 e. The monoisotopic (exact) mass is 179 g/mol. The number of aliphatic imine (C=N–C) groups is 1. The van der Waals surface area contributed by atoms with E-state index in [1.54, 1.807) is 6.20 Å². The van der Waals surface area contributed by atoms with Crippen LogP contribution in [-0.4, -0.2) is 5.71 Å².